The molecule has 2 atom stereocenters. The highest BCUT2D eigenvalue weighted by Crippen LogP contribution is 2.40. The normalized spacial score (nSPS) is 18.8. The molecule has 1 aliphatic rings. The minimum atomic E-state index is -0.0592. The number of nitrogens with one attached hydrogen (secondary N) is 1. The Bertz CT molecular complexity index is 1090. The molecule has 0 bridgehead atoms. The zero-order chi connectivity index (χ0) is 19.6. The maximum atomic E-state index is 5.74. The predicted molar refractivity (Wildman–Crippen MR) is 115 cm³/mol. The van der Waals surface area contributed by atoms with Crippen LogP contribution in [-0.2, 0) is 6.54 Å². The predicted octanol–water partition coefficient (Wildman–Crippen LogP) is 4.64. The van der Waals surface area contributed by atoms with Gasteiger partial charge in [0.2, 0.25) is 0 Å². The highest BCUT2D eigenvalue weighted by Gasteiger charge is 2.41. The molecule has 144 valence electrons. The topological polar surface area (TPSA) is 46.2 Å². The van der Waals surface area contributed by atoms with Crippen molar-refractivity contribution in [1.29, 1.82) is 0 Å². The van der Waals surface area contributed by atoms with Crippen molar-refractivity contribution in [2.45, 2.75) is 18.6 Å². The minimum Gasteiger partial charge on any atom is -0.467 e. The van der Waals surface area contributed by atoms with Crippen molar-refractivity contribution >= 4 is 17.3 Å². The molecule has 5 nitrogen and oxygen atoms in total. The lowest BCUT2D eigenvalue weighted by molar-refractivity contribution is 0.280. The Balaban J connectivity index is 1.61. The molecule has 0 spiro atoms. The summed E-state index contributed by atoms with van der Waals surface area (Å²) in [5.41, 5.74) is 3.22. The van der Waals surface area contributed by atoms with Gasteiger partial charge in [0.1, 0.15) is 5.76 Å². The monoisotopic (exact) mass is 400 g/mol. The van der Waals surface area contributed by atoms with E-state index in [1.54, 1.807) is 6.26 Å². The first kappa shape index (κ1) is 17.7. The molecule has 1 fully saturated rings. The summed E-state index contributed by atoms with van der Waals surface area (Å²) in [6.07, 6.45) is 5.61. The molecule has 1 aromatic carbocycles. The zero-order valence-electron chi connectivity index (χ0n) is 15.7. The van der Waals surface area contributed by atoms with Gasteiger partial charge in [-0.2, -0.15) is 0 Å². The van der Waals surface area contributed by atoms with Gasteiger partial charge in [-0.3, -0.25) is 4.98 Å². The van der Waals surface area contributed by atoms with Crippen molar-refractivity contribution in [3.8, 4) is 5.69 Å². The molecule has 0 radical (unpaired) electrons. The van der Waals surface area contributed by atoms with Crippen LogP contribution in [-0.4, -0.2) is 19.6 Å². The summed E-state index contributed by atoms with van der Waals surface area (Å²) in [7, 11) is 0. The van der Waals surface area contributed by atoms with E-state index < -0.39 is 0 Å². The molecule has 1 N–H and O–H groups in total. The summed E-state index contributed by atoms with van der Waals surface area (Å²) in [5, 5.41) is 4.19. The van der Waals surface area contributed by atoms with Crippen molar-refractivity contribution in [3.63, 3.8) is 0 Å². The van der Waals surface area contributed by atoms with Gasteiger partial charge >= 0.3 is 0 Å². The van der Waals surface area contributed by atoms with Crippen LogP contribution in [0.3, 0.4) is 0 Å². The van der Waals surface area contributed by atoms with E-state index in [2.05, 4.69) is 50.2 Å². The summed E-state index contributed by atoms with van der Waals surface area (Å²) in [6.45, 7) is 0.590. The number of hydrogen-bond donors (Lipinski definition) is 1. The molecule has 29 heavy (non-hydrogen) atoms. The second-order valence-corrected chi connectivity index (χ2v) is 7.36. The summed E-state index contributed by atoms with van der Waals surface area (Å²) in [4.78, 5) is 6.79. The smallest absolute Gasteiger partial charge is 0.170 e. The van der Waals surface area contributed by atoms with E-state index in [9.17, 15) is 0 Å². The van der Waals surface area contributed by atoms with E-state index in [-0.39, 0.29) is 12.1 Å². The highest BCUT2D eigenvalue weighted by atomic mass is 32.1. The second-order valence-electron chi connectivity index (χ2n) is 6.97. The number of furan rings is 1. The zero-order valence-corrected chi connectivity index (χ0v) is 16.5. The first-order chi connectivity index (χ1) is 14.3. The van der Waals surface area contributed by atoms with Gasteiger partial charge in [-0.05, 0) is 60.7 Å². The molecule has 5 rings (SSSR count). The van der Waals surface area contributed by atoms with E-state index >= 15 is 0 Å². The Morgan fingerprint density at radius 1 is 0.966 bits per heavy atom. The molecular weight excluding hydrogens is 380 g/mol. The Hall–Kier alpha value is -3.38. The van der Waals surface area contributed by atoms with E-state index in [1.807, 2.05) is 54.7 Å². The highest BCUT2D eigenvalue weighted by molar-refractivity contribution is 7.80. The molecule has 1 aliphatic heterocycles. The van der Waals surface area contributed by atoms with Crippen molar-refractivity contribution in [2.75, 3.05) is 0 Å². The molecule has 0 aliphatic carbocycles. The summed E-state index contributed by atoms with van der Waals surface area (Å²) in [6, 6.07) is 24.3. The number of hydrogen-bond acceptors (Lipinski definition) is 3. The maximum absolute atomic E-state index is 5.74. The van der Waals surface area contributed by atoms with Crippen molar-refractivity contribution < 1.29 is 4.42 Å². The van der Waals surface area contributed by atoms with Gasteiger partial charge in [0, 0.05) is 23.8 Å². The van der Waals surface area contributed by atoms with Gasteiger partial charge in [0.15, 0.2) is 5.11 Å². The standard InChI is InChI=1S/C23H20N4OS/c29-23-25-21(19-11-4-5-13-24-19)22(27(23)16-18-10-7-15-28-18)20-12-6-14-26(20)17-8-2-1-3-9-17/h1-15,21-22H,16H2,(H,25,29). The van der Waals surface area contributed by atoms with Crippen LogP contribution >= 0.6 is 12.2 Å². The fourth-order valence-electron chi connectivity index (χ4n) is 3.93. The summed E-state index contributed by atoms with van der Waals surface area (Å²) < 4.78 is 7.83. The second kappa shape index (κ2) is 7.56. The van der Waals surface area contributed by atoms with E-state index in [0.29, 0.717) is 11.7 Å². The maximum Gasteiger partial charge on any atom is 0.170 e. The molecule has 4 heterocycles. The quantitative estimate of drug-likeness (QED) is 0.495. The van der Waals surface area contributed by atoms with Crippen molar-refractivity contribution in [3.05, 3.63) is 109 Å². The Labute approximate surface area is 174 Å². The number of benzene rings is 1. The van der Waals surface area contributed by atoms with Gasteiger partial charge in [-0.15, -0.1) is 0 Å². The third-order valence-corrected chi connectivity index (χ3v) is 5.57. The lowest BCUT2D eigenvalue weighted by Crippen LogP contribution is -2.29. The molecular formula is C23H20N4OS. The number of aromatic nitrogens is 2. The first-order valence-corrected chi connectivity index (χ1v) is 9.95. The lowest BCUT2D eigenvalue weighted by Gasteiger charge is -2.28. The molecule has 2 unspecified atom stereocenters. The van der Waals surface area contributed by atoms with Crippen LogP contribution < -0.4 is 5.32 Å². The van der Waals surface area contributed by atoms with Crippen molar-refractivity contribution in [2.24, 2.45) is 0 Å². The van der Waals surface area contributed by atoms with Crippen LogP contribution in [0.1, 0.15) is 29.2 Å². The van der Waals surface area contributed by atoms with Gasteiger partial charge < -0.3 is 19.2 Å². The molecule has 0 saturated carbocycles. The van der Waals surface area contributed by atoms with E-state index in [4.69, 9.17) is 16.6 Å². The Morgan fingerprint density at radius 3 is 2.59 bits per heavy atom. The van der Waals surface area contributed by atoms with Gasteiger partial charge in [0.05, 0.1) is 30.6 Å². The van der Waals surface area contributed by atoms with Crippen LogP contribution in [0, 0.1) is 0 Å². The summed E-state index contributed by atoms with van der Waals surface area (Å²) >= 11 is 5.74. The van der Waals surface area contributed by atoms with Gasteiger partial charge in [-0.1, -0.05) is 24.3 Å². The lowest BCUT2D eigenvalue weighted by atomic mass is 10.0. The van der Waals surface area contributed by atoms with E-state index in [1.165, 1.54) is 0 Å². The number of para-hydroxylation sites is 1. The SMILES string of the molecule is S=C1NC(c2ccccn2)C(c2cccn2-c2ccccc2)N1Cc1ccco1. The molecule has 1 saturated heterocycles. The summed E-state index contributed by atoms with van der Waals surface area (Å²) in [5.74, 6) is 0.874. The average Bonchev–Trinajstić information content (AvgIpc) is 3.51. The molecule has 0 amide bonds. The van der Waals surface area contributed by atoms with Crippen LogP contribution in [0.5, 0.6) is 0 Å². The Morgan fingerprint density at radius 2 is 1.83 bits per heavy atom. The fraction of sp³-hybridized carbons (Fsp3) is 0.130. The van der Waals surface area contributed by atoms with E-state index in [0.717, 1.165) is 22.8 Å². The van der Waals surface area contributed by atoms with Gasteiger partial charge in [0.25, 0.3) is 0 Å². The van der Waals surface area contributed by atoms with Crippen LogP contribution in [0.2, 0.25) is 0 Å². The first-order valence-electron chi connectivity index (χ1n) is 9.54. The number of pyridine rings is 1. The van der Waals surface area contributed by atoms with Gasteiger partial charge in [-0.25, -0.2) is 0 Å². The number of nitrogens with zero attached hydrogens (tertiary/aromatic N) is 3. The largest absolute Gasteiger partial charge is 0.467 e. The van der Waals surface area contributed by atoms with Crippen LogP contribution in [0.15, 0.2) is 95.9 Å². The molecule has 6 heteroatoms. The Kier molecular flexibility index (Phi) is 4.62. The third kappa shape index (κ3) is 3.32. The van der Waals surface area contributed by atoms with Crippen LogP contribution in [0.4, 0.5) is 0 Å². The molecule has 4 aromatic rings. The minimum absolute atomic E-state index is 0.0299. The fourth-order valence-corrected chi connectivity index (χ4v) is 4.23. The third-order valence-electron chi connectivity index (χ3n) is 5.22. The molecule has 3 aromatic heterocycles. The number of thiocarbonyl (C=S) groups is 1. The van der Waals surface area contributed by atoms with Crippen molar-refractivity contribution in [1.82, 2.24) is 19.8 Å². The average molecular weight is 401 g/mol. The number of rotatable bonds is 5. The van der Waals surface area contributed by atoms with Crippen LogP contribution in [0.25, 0.3) is 5.69 Å².